The molecule has 0 radical (unpaired) electrons. The summed E-state index contributed by atoms with van der Waals surface area (Å²) in [4.78, 5) is 34.7. The number of carboxylic acids is 1. The van der Waals surface area contributed by atoms with Crippen LogP contribution in [0.25, 0.3) is 0 Å². The van der Waals surface area contributed by atoms with Gasteiger partial charge in [0.25, 0.3) is 21.8 Å². The van der Waals surface area contributed by atoms with Crippen molar-refractivity contribution in [3.8, 4) is 0 Å². The number of rotatable bonds is 5. The van der Waals surface area contributed by atoms with Gasteiger partial charge in [-0.1, -0.05) is 0 Å². The van der Waals surface area contributed by atoms with Crippen LogP contribution in [0.3, 0.4) is 0 Å². The SMILES string of the molecule is O=C(O)CCCN1C(=O)C(=O)c2cc(S(=O)(=O)O)ccc21. The van der Waals surface area contributed by atoms with E-state index in [9.17, 15) is 22.8 Å². The van der Waals surface area contributed by atoms with E-state index in [0.29, 0.717) is 0 Å². The number of fused-ring (bicyclic) bond motifs is 1. The van der Waals surface area contributed by atoms with Crippen LogP contribution in [0.1, 0.15) is 23.2 Å². The van der Waals surface area contributed by atoms with Crippen molar-refractivity contribution in [2.24, 2.45) is 0 Å². The third-order valence-corrected chi connectivity index (χ3v) is 3.86. The molecule has 9 heteroatoms. The lowest BCUT2D eigenvalue weighted by molar-refractivity contribution is -0.137. The first kappa shape index (κ1) is 15.1. The predicted octanol–water partition coefficient (Wildman–Crippen LogP) is 0.327. The van der Waals surface area contributed by atoms with Crippen molar-refractivity contribution in [2.75, 3.05) is 11.4 Å². The fourth-order valence-electron chi connectivity index (χ4n) is 2.05. The third kappa shape index (κ3) is 2.93. The molecule has 0 saturated carbocycles. The van der Waals surface area contributed by atoms with Crippen LogP contribution in [-0.2, 0) is 19.7 Å². The van der Waals surface area contributed by atoms with Gasteiger partial charge in [-0.2, -0.15) is 8.42 Å². The molecule has 1 aliphatic heterocycles. The van der Waals surface area contributed by atoms with E-state index in [1.165, 1.54) is 6.07 Å². The first-order valence-electron chi connectivity index (χ1n) is 5.91. The second-order valence-electron chi connectivity index (χ2n) is 4.44. The zero-order valence-electron chi connectivity index (χ0n) is 10.6. The largest absolute Gasteiger partial charge is 0.481 e. The highest BCUT2D eigenvalue weighted by Crippen LogP contribution is 2.31. The summed E-state index contributed by atoms with van der Waals surface area (Å²) in [6.07, 6.45) is 0.00422. The van der Waals surface area contributed by atoms with E-state index in [1.807, 2.05) is 0 Å². The van der Waals surface area contributed by atoms with E-state index in [0.717, 1.165) is 17.0 Å². The summed E-state index contributed by atoms with van der Waals surface area (Å²) in [5.74, 6) is -2.75. The van der Waals surface area contributed by atoms with Crippen LogP contribution in [0.4, 0.5) is 5.69 Å². The predicted molar refractivity (Wildman–Crippen MR) is 69.8 cm³/mol. The Morgan fingerprint density at radius 1 is 1.24 bits per heavy atom. The summed E-state index contributed by atoms with van der Waals surface area (Å²) in [6.45, 7) is 0.0368. The van der Waals surface area contributed by atoms with Crippen LogP contribution >= 0.6 is 0 Å². The second kappa shape index (κ2) is 5.26. The Labute approximate surface area is 119 Å². The van der Waals surface area contributed by atoms with Gasteiger partial charge < -0.3 is 10.0 Å². The lowest BCUT2D eigenvalue weighted by Crippen LogP contribution is -2.30. The Morgan fingerprint density at radius 2 is 1.90 bits per heavy atom. The number of aliphatic carboxylic acids is 1. The maximum Gasteiger partial charge on any atom is 0.303 e. The van der Waals surface area contributed by atoms with Gasteiger partial charge in [0.1, 0.15) is 0 Å². The van der Waals surface area contributed by atoms with Crippen molar-refractivity contribution in [3.63, 3.8) is 0 Å². The van der Waals surface area contributed by atoms with Crippen molar-refractivity contribution < 1.29 is 32.5 Å². The number of benzene rings is 1. The zero-order chi connectivity index (χ0) is 15.8. The van der Waals surface area contributed by atoms with Crippen LogP contribution in [0.5, 0.6) is 0 Å². The second-order valence-corrected chi connectivity index (χ2v) is 5.86. The van der Waals surface area contributed by atoms with Crippen LogP contribution in [0.2, 0.25) is 0 Å². The van der Waals surface area contributed by atoms with Crippen molar-refractivity contribution in [1.29, 1.82) is 0 Å². The lowest BCUT2D eigenvalue weighted by atomic mass is 10.1. The molecule has 0 bridgehead atoms. The number of nitrogens with zero attached hydrogens (tertiary/aromatic N) is 1. The maximum atomic E-state index is 11.8. The van der Waals surface area contributed by atoms with Crippen molar-refractivity contribution in [1.82, 2.24) is 0 Å². The molecule has 0 saturated heterocycles. The molecule has 1 amide bonds. The Balaban J connectivity index is 2.33. The number of Topliss-reactive ketones (excluding diaryl/α,β-unsaturated/α-hetero) is 1. The molecule has 2 N–H and O–H groups in total. The first-order valence-corrected chi connectivity index (χ1v) is 7.35. The van der Waals surface area contributed by atoms with Gasteiger partial charge >= 0.3 is 5.97 Å². The Bertz CT molecular complexity index is 738. The molecule has 0 spiro atoms. The molecule has 2 rings (SSSR count). The summed E-state index contributed by atoms with van der Waals surface area (Å²) >= 11 is 0. The standard InChI is InChI=1S/C12H11NO7S/c14-10(15)2-1-5-13-9-4-3-7(21(18,19)20)6-8(9)11(16)12(13)17/h3-4,6H,1-2,5H2,(H,14,15)(H,18,19,20). The average molecular weight is 313 g/mol. The van der Waals surface area contributed by atoms with Crippen LogP contribution < -0.4 is 4.90 Å². The van der Waals surface area contributed by atoms with Crippen molar-refractivity contribution in [2.45, 2.75) is 17.7 Å². The molecule has 0 unspecified atom stereocenters. The van der Waals surface area contributed by atoms with Crippen molar-refractivity contribution >= 4 is 33.5 Å². The molecule has 112 valence electrons. The fraction of sp³-hybridized carbons (Fsp3) is 0.250. The molecule has 21 heavy (non-hydrogen) atoms. The average Bonchev–Trinajstić information content (AvgIpc) is 2.62. The highest BCUT2D eigenvalue weighted by atomic mass is 32.2. The molecule has 1 heterocycles. The van der Waals surface area contributed by atoms with Crippen LogP contribution in [0.15, 0.2) is 23.1 Å². The van der Waals surface area contributed by atoms with E-state index in [4.69, 9.17) is 9.66 Å². The first-order chi connectivity index (χ1) is 9.71. The van der Waals surface area contributed by atoms with E-state index < -0.39 is 32.7 Å². The summed E-state index contributed by atoms with van der Waals surface area (Å²) < 4.78 is 31.0. The molecular formula is C12H11NO7S. The summed E-state index contributed by atoms with van der Waals surface area (Å²) in [5.41, 5.74) is 0.0910. The minimum absolute atomic E-state index is 0.0368. The van der Waals surface area contributed by atoms with E-state index >= 15 is 0 Å². The van der Waals surface area contributed by atoms with Gasteiger partial charge in [-0.3, -0.25) is 18.9 Å². The van der Waals surface area contributed by atoms with E-state index in [-0.39, 0.29) is 30.6 Å². The smallest absolute Gasteiger partial charge is 0.303 e. The summed E-state index contributed by atoms with van der Waals surface area (Å²) in [7, 11) is -4.47. The van der Waals surface area contributed by atoms with Crippen LogP contribution in [-0.4, -0.2) is 42.3 Å². The van der Waals surface area contributed by atoms with Gasteiger partial charge in [-0.25, -0.2) is 0 Å². The normalized spacial score (nSPS) is 14.4. The Kier molecular flexibility index (Phi) is 3.79. The molecule has 0 fully saturated rings. The van der Waals surface area contributed by atoms with Crippen LogP contribution in [0, 0.1) is 0 Å². The molecule has 1 aliphatic rings. The number of carboxylic acid groups (broad SMARTS) is 1. The number of amides is 1. The minimum Gasteiger partial charge on any atom is -0.481 e. The van der Waals surface area contributed by atoms with E-state index in [2.05, 4.69) is 0 Å². The lowest BCUT2D eigenvalue weighted by Gasteiger charge is -2.15. The van der Waals surface area contributed by atoms with E-state index in [1.54, 1.807) is 0 Å². The minimum atomic E-state index is -4.47. The third-order valence-electron chi connectivity index (χ3n) is 3.01. The highest BCUT2D eigenvalue weighted by Gasteiger charge is 2.36. The topological polar surface area (TPSA) is 129 Å². The number of anilines is 1. The summed E-state index contributed by atoms with van der Waals surface area (Å²) in [6, 6.07) is 3.24. The number of hydrogen-bond donors (Lipinski definition) is 2. The van der Waals surface area contributed by atoms with Gasteiger partial charge in [0, 0.05) is 13.0 Å². The quantitative estimate of drug-likeness (QED) is 0.591. The van der Waals surface area contributed by atoms with Gasteiger partial charge in [0.15, 0.2) is 0 Å². The number of ketones is 1. The molecule has 1 aromatic rings. The number of carbonyl (C=O) groups excluding carboxylic acids is 2. The van der Waals surface area contributed by atoms with Gasteiger partial charge in [-0.05, 0) is 24.6 Å². The highest BCUT2D eigenvalue weighted by molar-refractivity contribution is 7.85. The Hall–Kier alpha value is -2.26. The number of carbonyl (C=O) groups is 3. The maximum absolute atomic E-state index is 11.8. The van der Waals surface area contributed by atoms with Gasteiger partial charge in [-0.15, -0.1) is 0 Å². The molecule has 0 atom stereocenters. The molecule has 0 aromatic heterocycles. The van der Waals surface area contributed by atoms with Gasteiger partial charge in [0.2, 0.25) is 0 Å². The molecule has 1 aromatic carbocycles. The monoisotopic (exact) mass is 313 g/mol. The summed E-state index contributed by atoms with van der Waals surface area (Å²) in [5, 5.41) is 8.56. The number of hydrogen-bond acceptors (Lipinski definition) is 5. The van der Waals surface area contributed by atoms with Gasteiger partial charge in [0.05, 0.1) is 16.1 Å². The molecule has 8 nitrogen and oxygen atoms in total. The van der Waals surface area contributed by atoms with Crippen molar-refractivity contribution in [3.05, 3.63) is 23.8 Å². The fourth-order valence-corrected chi connectivity index (χ4v) is 2.56. The Morgan fingerprint density at radius 3 is 2.48 bits per heavy atom. The molecular weight excluding hydrogens is 302 g/mol. The molecule has 0 aliphatic carbocycles. The zero-order valence-corrected chi connectivity index (χ0v) is 11.5.